The minimum Gasteiger partial charge on any atom is -0.375 e. The molecule has 1 atom stereocenters. The fourth-order valence-electron chi connectivity index (χ4n) is 3.51. The van der Waals surface area contributed by atoms with Crippen molar-refractivity contribution in [2.24, 2.45) is 0 Å². The maximum atomic E-state index is 12.8. The summed E-state index contributed by atoms with van der Waals surface area (Å²) in [5, 5.41) is 0.747. The molecule has 8 nitrogen and oxygen atoms in total. The molecule has 31 heavy (non-hydrogen) atoms. The van der Waals surface area contributed by atoms with Gasteiger partial charge in [-0.1, -0.05) is 32.0 Å². The van der Waals surface area contributed by atoms with Gasteiger partial charge in [0.05, 0.1) is 34.4 Å². The molecule has 1 aromatic heterocycles. The number of benzene rings is 1. The molecule has 2 aromatic rings. The van der Waals surface area contributed by atoms with Crippen molar-refractivity contribution in [1.29, 1.82) is 0 Å². The Hall–Kier alpha value is -1.62. The number of sulfonamides is 1. The van der Waals surface area contributed by atoms with Gasteiger partial charge in [-0.15, -0.1) is 0 Å². The monoisotopic (exact) mass is 468 g/mol. The lowest BCUT2D eigenvalue weighted by atomic mass is 10.2. The summed E-state index contributed by atoms with van der Waals surface area (Å²) in [5.41, 5.74) is 1.52. The number of aryl methyl sites for hydroxylation is 1. The first-order valence-corrected chi connectivity index (χ1v) is 13.2. The Morgan fingerprint density at radius 1 is 1.32 bits per heavy atom. The van der Waals surface area contributed by atoms with Crippen LogP contribution in [0.5, 0.6) is 0 Å². The van der Waals surface area contributed by atoms with E-state index in [1.165, 1.54) is 30.2 Å². The smallest absolute Gasteiger partial charge is 0.242 e. The number of carbonyl (C=O) groups excluding carboxylic acids is 1. The molecular formula is C21H32N4O4S2. The van der Waals surface area contributed by atoms with Gasteiger partial charge in [-0.3, -0.25) is 4.79 Å². The number of aromatic nitrogens is 2. The Kier molecular flexibility index (Phi) is 8.01. The molecule has 0 spiro atoms. The quantitative estimate of drug-likeness (QED) is 0.526. The van der Waals surface area contributed by atoms with Crippen molar-refractivity contribution in [2.45, 2.75) is 55.8 Å². The van der Waals surface area contributed by atoms with Crippen molar-refractivity contribution in [2.75, 3.05) is 39.5 Å². The lowest BCUT2D eigenvalue weighted by Crippen LogP contribution is -2.46. The zero-order valence-corrected chi connectivity index (χ0v) is 20.3. The first-order valence-electron chi connectivity index (χ1n) is 10.7. The third-order valence-corrected chi connectivity index (χ3v) is 8.24. The van der Waals surface area contributed by atoms with E-state index in [0.717, 1.165) is 36.5 Å². The van der Waals surface area contributed by atoms with E-state index < -0.39 is 10.0 Å². The summed E-state index contributed by atoms with van der Waals surface area (Å²) in [4.78, 5) is 19.5. The summed E-state index contributed by atoms with van der Waals surface area (Å²) in [7, 11) is -0.503. The van der Waals surface area contributed by atoms with Crippen molar-refractivity contribution in [3.63, 3.8) is 0 Å². The number of amides is 1. The van der Waals surface area contributed by atoms with E-state index in [-0.39, 0.29) is 16.9 Å². The fraction of sp³-hybridized carbons (Fsp3) is 0.619. The van der Waals surface area contributed by atoms with Gasteiger partial charge in [0.15, 0.2) is 5.16 Å². The lowest BCUT2D eigenvalue weighted by Gasteiger charge is -2.32. The molecular weight excluding hydrogens is 436 g/mol. The summed E-state index contributed by atoms with van der Waals surface area (Å²) in [6.07, 6.45) is 3.00. The average Bonchev–Trinajstić information content (AvgIpc) is 3.12. The van der Waals surface area contributed by atoms with Gasteiger partial charge in [0.25, 0.3) is 0 Å². The Morgan fingerprint density at radius 2 is 2.10 bits per heavy atom. The number of hydrogen-bond donors (Lipinski definition) is 0. The molecule has 1 aliphatic heterocycles. The van der Waals surface area contributed by atoms with Gasteiger partial charge in [-0.05, 0) is 31.0 Å². The Labute approximate surface area is 189 Å². The van der Waals surface area contributed by atoms with Crippen molar-refractivity contribution in [3.8, 4) is 0 Å². The maximum absolute atomic E-state index is 12.8. The van der Waals surface area contributed by atoms with Crippen LogP contribution in [0, 0.1) is 0 Å². The van der Waals surface area contributed by atoms with E-state index in [1.54, 1.807) is 12.1 Å². The fourth-order valence-corrected chi connectivity index (χ4v) is 5.38. The Morgan fingerprint density at radius 3 is 2.77 bits per heavy atom. The Bertz CT molecular complexity index is 1020. The van der Waals surface area contributed by atoms with Crippen molar-refractivity contribution >= 4 is 38.7 Å². The molecule has 1 unspecified atom stereocenters. The highest BCUT2D eigenvalue weighted by Crippen LogP contribution is 2.28. The average molecular weight is 469 g/mol. The molecule has 0 saturated carbocycles. The molecule has 1 saturated heterocycles. The minimum absolute atomic E-state index is 0.0803. The minimum atomic E-state index is -3.53. The number of hydrogen-bond acceptors (Lipinski definition) is 6. The van der Waals surface area contributed by atoms with Crippen molar-refractivity contribution < 1.29 is 17.9 Å². The predicted octanol–water partition coefficient (Wildman–Crippen LogP) is 2.82. The van der Waals surface area contributed by atoms with E-state index in [1.807, 2.05) is 11.0 Å². The number of thioether (sulfide) groups is 1. The van der Waals surface area contributed by atoms with Crippen LogP contribution in [-0.4, -0.2) is 78.7 Å². The first kappa shape index (κ1) is 24.0. The van der Waals surface area contributed by atoms with Crippen LogP contribution < -0.4 is 0 Å². The van der Waals surface area contributed by atoms with Gasteiger partial charge in [-0.2, -0.15) is 0 Å². The topological polar surface area (TPSA) is 84.7 Å². The summed E-state index contributed by atoms with van der Waals surface area (Å²) in [5.74, 6) is 0.381. The molecule has 2 heterocycles. The van der Waals surface area contributed by atoms with E-state index in [0.29, 0.717) is 31.0 Å². The highest BCUT2D eigenvalue weighted by atomic mass is 32.2. The van der Waals surface area contributed by atoms with Gasteiger partial charge >= 0.3 is 0 Å². The van der Waals surface area contributed by atoms with Crippen LogP contribution in [0.2, 0.25) is 0 Å². The highest BCUT2D eigenvalue weighted by Gasteiger charge is 2.24. The van der Waals surface area contributed by atoms with Crippen LogP contribution in [0.15, 0.2) is 28.3 Å². The third kappa shape index (κ3) is 5.42. The maximum Gasteiger partial charge on any atom is 0.242 e. The van der Waals surface area contributed by atoms with Crippen LogP contribution in [0.3, 0.4) is 0 Å². The molecule has 0 radical (unpaired) electrons. The molecule has 1 fully saturated rings. The number of carbonyl (C=O) groups is 1. The number of unbranched alkanes of at least 4 members (excludes halogenated alkanes) is 1. The lowest BCUT2D eigenvalue weighted by molar-refractivity contribution is -0.135. The van der Waals surface area contributed by atoms with Gasteiger partial charge in [-0.25, -0.2) is 17.7 Å². The molecule has 10 heteroatoms. The second kappa shape index (κ2) is 10.3. The number of imidazole rings is 1. The molecule has 1 aromatic carbocycles. The number of rotatable bonds is 9. The highest BCUT2D eigenvalue weighted by molar-refractivity contribution is 7.99. The molecule has 0 bridgehead atoms. The zero-order chi connectivity index (χ0) is 22.6. The van der Waals surface area contributed by atoms with Gasteiger partial charge in [0, 0.05) is 33.7 Å². The third-order valence-electron chi connectivity index (χ3n) is 5.47. The SMILES string of the molecule is CCCCn1c(SCC(=O)N2CCOC(CC)C2)nc2cc(S(=O)(=O)N(C)C)ccc21. The zero-order valence-electron chi connectivity index (χ0n) is 18.7. The molecule has 3 rings (SSSR count). The van der Waals surface area contributed by atoms with Crippen molar-refractivity contribution in [1.82, 2.24) is 18.8 Å². The van der Waals surface area contributed by atoms with E-state index in [4.69, 9.17) is 9.72 Å². The normalized spacial score (nSPS) is 17.6. The number of ether oxygens (including phenoxy) is 1. The molecule has 172 valence electrons. The van der Waals surface area contributed by atoms with Gasteiger partial charge in [0.2, 0.25) is 15.9 Å². The van der Waals surface area contributed by atoms with Gasteiger partial charge in [0.1, 0.15) is 0 Å². The van der Waals surface area contributed by atoms with Crippen LogP contribution in [0.4, 0.5) is 0 Å². The van der Waals surface area contributed by atoms with Crippen LogP contribution in [0.25, 0.3) is 11.0 Å². The molecule has 0 aliphatic carbocycles. The Balaban J connectivity index is 1.83. The summed E-state index contributed by atoms with van der Waals surface area (Å²) >= 11 is 1.41. The molecule has 0 N–H and O–H groups in total. The van der Waals surface area contributed by atoms with E-state index >= 15 is 0 Å². The second-order valence-corrected chi connectivity index (χ2v) is 11.0. The molecule has 1 amide bonds. The van der Waals surface area contributed by atoms with Crippen molar-refractivity contribution in [3.05, 3.63) is 18.2 Å². The number of fused-ring (bicyclic) bond motifs is 1. The summed E-state index contributed by atoms with van der Waals surface area (Å²) in [6, 6.07) is 5.06. The summed E-state index contributed by atoms with van der Waals surface area (Å²) < 4.78 is 34.0. The van der Waals surface area contributed by atoms with Crippen LogP contribution >= 0.6 is 11.8 Å². The second-order valence-electron chi connectivity index (χ2n) is 7.87. The van der Waals surface area contributed by atoms with Crippen LogP contribution in [-0.2, 0) is 26.1 Å². The first-order chi connectivity index (χ1) is 14.8. The summed E-state index contributed by atoms with van der Waals surface area (Å²) in [6.45, 7) is 6.79. The molecule has 1 aliphatic rings. The number of nitrogens with zero attached hydrogens (tertiary/aromatic N) is 4. The van der Waals surface area contributed by atoms with E-state index in [9.17, 15) is 13.2 Å². The van der Waals surface area contributed by atoms with Gasteiger partial charge < -0.3 is 14.2 Å². The van der Waals surface area contributed by atoms with E-state index in [2.05, 4.69) is 18.4 Å². The standard InChI is InChI=1S/C21H32N4O4S2/c1-5-7-10-25-19-9-8-17(31(27,28)23(3)4)13-18(19)22-21(25)30-15-20(26)24-11-12-29-16(6-2)14-24/h8-9,13,16H,5-7,10-12,14-15H2,1-4H3. The van der Waals surface area contributed by atoms with Crippen LogP contribution in [0.1, 0.15) is 33.1 Å². The predicted molar refractivity (Wildman–Crippen MR) is 123 cm³/mol. The largest absolute Gasteiger partial charge is 0.375 e. The number of morpholine rings is 1.